The van der Waals surface area contributed by atoms with Crippen molar-refractivity contribution in [3.63, 3.8) is 0 Å². The van der Waals surface area contributed by atoms with E-state index in [1.807, 2.05) is 12.1 Å². The largest absolute Gasteiger partial charge is 0.326 e. The van der Waals surface area contributed by atoms with Gasteiger partial charge >= 0.3 is 0 Å². The number of rotatable bonds is 4. The molecule has 0 atom stereocenters. The van der Waals surface area contributed by atoms with E-state index in [-0.39, 0.29) is 5.91 Å². The molecule has 2 rings (SSSR count). The number of nitrogens with one attached hydrogen (secondary N) is 2. The maximum atomic E-state index is 11.9. The van der Waals surface area contributed by atoms with Crippen molar-refractivity contribution in [2.45, 2.75) is 32.6 Å². The van der Waals surface area contributed by atoms with Crippen LogP contribution in [0, 0.1) is 5.92 Å². The Labute approximate surface area is 109 Å². The van der Waals surface area contributed by atoms with E-state index in [1.54, 1.807) is 0 Å². The lowest BCUT2D eigenvalue weighted by Gasteiger charge is -2.21. The van der Waals surface area contributed by atoms with Crippen LogP contribution in [0.1, 0.15) is 31.7 Å². The van der Waals surface area contributed by atoms with Crippen molar-refractivity contribution >= 4 is 11.6 Å². The van der Waals surface area contributed by atoms with Crippen LogP contribution in [0.5, 0.6) is 0 Å². The van der Waals surface area contributed by atoms with E-state index in [0.29, 0.717) is 12.3 Å². The van der Waals surface area contributed by atoms with Crippen molar-refractivity contribution in [1.29, 1.82) is 0 Å². The number of anilines is 1. The summed E-state index contributed by atoms with van der Waals surface area (Å²) in [6, 6.07) is 8.10. The molecule has 1 amide bonds. The molecule has 1 saturated heterocycles. The Morgan fingerprint density at radius 1 is 1.39 bits per heavy atom. The Bertz CT molecular complexity index is 397. The van der Waals surface area contributed by atoms with Crippen molar-refractivity contribution in [2.24, 2.45) is 5.92 Å². The lowest BCUT2D eigenvalue weighted by atomic mass is 9.94. The average Bonchev–Trinajstić information content (AvgIpc) is 2.40. The maximum Gasteiger partial charge on any atom is 0.224 e. The molecule has 0 aliphatic carbocycles. The zero-order valence-electron chi connectivity index (χ0n) is 11.0. The zero-order valence-corrected chi connectivity index (χ0v) is 11.0. The normalized spacial score (nSPS) is 16.5. The molecule has 3 nitrogen and oxygen atoms in total. The van der Waals surface area contributed by atoms with E-state index in [2.05, 4.69) is 29.7 Å². The van der Waals surface area contributed by atoms with E-state index in [0.717, 1.165) is 38.0 Å². The molecular formula is C15H22N2O. The van der Waals surface area contributed by atoms with Gasteiger partial charge in [-0.3, -0.25) is 4.79 Å². The number of carbonyl (C=O) groups is 1. The minimum Gasteiger partial charge on any atom is -0.326 e. The van der Waals surface area contributed by atoms with E-state index < -0.39 is 0 Å². The lowest BCUT2D eigenvalue weighted by molar-refractivity contribution is -0.117. The van der Waals surface area contributed by atoms with Gasteiger partial charge in [-0.1, -0.05) is 19.1 Å². The van der Waals surface area contributed by atoms with Gasteiger partial charge < -0.3 is 10.6 Å². The maximum absolute atomic E-state index is 11.9. The highest BCUT2D eigenvalue weighted by molar-refractivity contribution is 5.90. The average molecular weight is 246 g/mol. The highest BCUT2D eigenvalue weighted by atomic mass is 16.1. The SMILES string of the molecule is CCc1cccc(NC(=O)CC2CCNCC2)c1. The molecule has 18 heavy (non-hydrogen) atoms. The fraction of sp³-hybridized carbons (Fsp3) is 0.533. The summed E-state index contributed by atoms with van der Waals surface area (Å²) in [6.45, 7) is 4.21. The van der Waals surface area contributed by atoms with Crippen molar-refractivity contribution in [3.05, 3.63) is 29.8 Å². The molecule has 1 aromatic rings. The number of hydrogen-bond donors (Lipinski definition) is 2. The van der Waals surface area contributed by atoms with Gasteiger partial charge in [-0.2, -0.15) is 0 Å². The van der Waals surface area contributed by atoms with Crippen LogP contribution in [0.3, 0.4) is 0 Å². The van der Waals surface area contributed by atoms with Crippen LogP contribution in [-0.4, -0.2) is 19.0 Å². The van der Waals surface area contributed by atoms with Crippen LogP contribution in [0.2, 0.25) is 0 Å². The first kappa shape index (κ1) is 13.1. The fourth-order valence-corrected chi connectivity index (χ4v) is 2.43. The standard InChI is InChI=1S/C15H22N2O/c1-2-12-4-3-5-14(10-12)17-15(18)11-13-6-8-16-9-7-13/h3-5,10,13,16H,2,6-9,11H2,1H3,(H,17,18). The number of benzene rings is 1. The fourth-order valence-electron chi connectivity index (χ4n) is 2.43. The molecule has 98 valence electrons. The summed E-state index contributed by atoms with van der Waals surface area (Å²) in [5.41, 5.74) is 2.18. The Balaban J connectivity index is 1.85. The van der Waals surface area contributed by atoms with E-state index in [4.69, 9.17) is 0 Å². The van der Waals surface area contributed by atoms with Crippen LogP contribution in [0.15, 0.2) is 24.3 Å². The van der Waals surface area contributed by atoms with Crippen LogP contribution < -0.4 is 10.6 Å². The van der Waals surface area contributed by atoms with Gasteiger partial charge in [-0.05, 0) is 56.0 Å². The van der Waals surface area contributed by atoms with Gasteiger partial charge in [0.05, 0.1) is 0 Å². The predicted molar refractivity (Wildman–Crippen MR) is 74.7 cm³/mol. The van der Waals surface area contributed by atoms with Crippen LogP contribution in [0.25, 0.3) is 0 Å². The molecule has 0 aromatic heterocycles. The minimum atomic E-state index is 0.148. The van der Waals surface area contributed by atoms with Gasteiger partial charge in [-0.15, -0.1) is 0 Å². The molecule has 1 aliphatic heterocycles. The van der Waals surface area contributed by atoms with Crippen molar-refractivity contribution in [2.75, 3.05) is 18.4 Å². The minimum absolute atomic E-state index is 0.148. The summed E-state index contributed by atoms with van der Waals surface area (Å²) in [7, 11) is 0. The zero-order chi connectivity index (χ0) is 12.8. The number of piperidine rings is 1. The molecule has 0 unspecified atom stereocenters. The molecule has 0 spiro atoms. The monoisotopic (exact) mass is 246 g/mol. The predicted octanol–water partition coefficient (Wildman–Crippen LogP) is 2.58. The molecule has 0 saturated carbocycles. The van der Waals surface area contributed by atoms with Crippen molar-refractivity contribution in [3.8, 4) is 0 Å². The highest BCUT2D eigenvalue weighted by Gasteiger charge is 2.16. The molecule has 1 aromatic carbocycles. The van der Waals surface area contributed by atoms with E-state index in [9.17, 15) is 4.79 Å². The van der Waals surface area contributed by atoms with Gasteiger partial charge in [0.25, 0.3) is 0 Å². The second-order valence-corrected chi connectivity index (χ2v) is 5.00. The smallest absolute Gasteiger partial charge is 0.224 e. The van der Waals surface area contributed by atoms with Crippen molar-refractivity contribution in [1.82, 2.24) is 5.32 Å². The number of hydrogen-bond acceptors (Lipinski definition) is 2. The molecule has 1 fully saturated rings. The Morgan fingerprint density at radius 3 is 2.89 bits per heavy atom. The van der Waals surface area contributed by atoms with Gasteiger partial charge in [-0.25, -0.2) is 0 Å². The number of carbonyl (C=O) groups excluding carboxylic acids is 1. The number of amides is 1. The molecule has 3 heteroatoms. The summed E-state index contributed by atoms with van der Waals surface area (Å²) in [5.74, 6) is 0.691. The molecule has 1 aliphatic rings. The Kier molecular flexibility index (Phi) is 4.76. The van der Waals surface area contributed by atoms with Gasteiger partial charge in [0, 0.05) is 12.1 Å². The topological polar surface area (TPSA) is 41.1 Å². The summed E-state index contributed by atoms with van der Waals surface area (Å²) in [6.07, 6.45) is 3.88. The lowest BCUT2D eigenvalue weighted by Crippen LogP contribution is -2.30. The Hall–Kier alpha value is -1.35. The van der Waals surface area contributed by atoms with Gasteiger partial charge in [0.2, 0.25) is 5.91 Å². The van der Waals surface area contributed by atoms with E-state index >= 15 is 0 Å². The third kappa shape index (κ3) is 3.84. The second-order valence-electron chi connectivity index (χ2n) is 5.00. The first-order valence-electron chi connectivity index (χ1n) is 6.87. The van der Waals surface area contributed by atoms with Crippen LogP contribution in [0.4, 0.5) is 5.69 Å². The first-order valence-corrected chi connectivity index (χ1v) is 6.87. The quantitative estimate of drug-likeness (QED) is 0.857. The first-order chi connectivity index (χ1) is 8.78. The number of aryl methyl sites for hydroxylation is 1. The van der Waals surface area contributed by atoms with Gasteiger partial charge in [0.15, 0.2) is 0 Å². The summed E-state index contributed by atoms with van der Waals surface area (Å²) in [5, 5.41) is 6.33. The molecule has 2 N–H and O–H groups in total. The molecule has 1 heterocycles. The van der Waals surface area contributed by atoms with Crippen LogP contribution >= 0.6 is 0 Å². The second kappa shape index (κ2) is 6.55. The highest BCUT2D eigenvalue weighted by Crippen LogP contribution is 2.17. The van der Waals surface area contributed by atoms with Crippen molar-refractivity contribution < 1.29 is 4.79 Å². The Morgan fingerprint density at radius 2 is 2.17 bits per heavy atom. The van der Waals surface area contributed by atoms with Crippen LogP contribution in [-0.2, 0) is 11.2 Å². The van der Waals surface area contributed by atoms with Gasteiger partial charge in [0.1, 0.15) is 0 Å². The summed E-state index contributed by atoms with van der Waals surface area (Å²) >= 11 is 0. The van der Waals surface area contributed by atoms with E-state index in [1.165, 1.54) is 5.56 Å². The summed E-state index contributed by atoms with van der Waals surface area (Å²) in [4.78, 5) is 11.9. The molecule has 0 radical (unpaired) electrons. The summed E-state index contributed by atoms with van der Waals surface area (Å²) < 4.78 is 0. The third-order valence-corrected chi connectivity index (χ3v) is 3.55. The molecule has 0 bridgehead atoms. The third-order valence-electron chi connectivity index (χ3n) is 3.55. The molecular weight excluding hydrogens is 224 g/mol.